The number of ether oxygens (including phenoxy) is 1. The SMILES string of the molecule is COCCCNCC(=O)N1CCN(C/C=C/c2ccccc2)CC1. The molecule has 1 aromatic rings. The van der Waals surface area contributed by atoms with Crippen LogP contribution in [0.25, 0.3) is 6.08 Å². The molecule has 1 aliphatic rings. The molecule has 5 heteroatoms. The number of carbonyl (C=O) groups excluding carboxylic acids is 1. The van der Waals surface area contributed by atoms with Crippen molar-refractivity contribution in [2.45, 2.75) is 6.42 Å². The Morgan fingerprint density at radius 3 is 2.67 bits per heavy atom. The maximum absolute atomic E-state index is 12.1. The van der Waals surface area contributed by atoms with Gasteiger partial charge >= 0.3 is 0 Å². The average Bonchev–Trinajstić information content (AvgIpc) is 2.63. The molecule has 1 saturated heterocycles. The minimum atomic E-state index is 0.201. The maximum Gasteiger partial charge on any atom is 0.236 e. The molecule has 1 N–H and O–H groups in total. The molecule has 132 valence electrons. The topological polar surface area (TPSA) is 44.8 Å². The van der Waals surface area contributed by atoms with E-state index in [0.717, 1.165) is 52.3 Å². The number of benzene rings is 1. The zero-order chi connectivity index (χ0) is 17.0. The first-order valence-electron chi connectivity index (χ1n) is 8.71. The summed E-state index contributed by atoms with van der Waals surface area (Å²) in [4.78, 5) is 16.5. The van der Waals surface area contributed by atoms with Gasteiger partial charge in [0.05, 0.1) is 6.54 Å². The molecule has 0 saturated carbocycles. The molecule has 0 bridgehead atoms. The molecule has 1 fully saturated rings. The van der Waals surface area contributed by atoms with Crippen molar-refractivity contribution in [2.24, 2.45) is 0 Å². The Balaban J connectivity index is 1.60. The monoisotopic (exact) mass is 331 g/mol. The fourth-order valence-electron chi connectivity index (χ4n) is 2.73. The number of hydrogen-bond acceptors (Lipinski definition) is 4. The largest absolute Gasteiger partial charge is 0.385 e. The van der Waals surface area contributed by atoms with Crippen LogP contribution in [-0.4, -0.2) is 75.2 Å². The molecule has 1 amide bonds. The van der Waals surface area contributed by atoms with Gasteiger partial charge < -0.3 is 15.0 Å². The lowest BCUT2D eigenvalue weighted by Crippen LogP contribution is -2.50. The molecule has 24 heavy (non-hydrogen) atoms. The van der Waals surface area contributed by atoms with Gasteiger partial charge in [0, 0.05) is 46.4 Å². The maximum atomic E-state index is 12.1. The number of piperazine rings is 1. The molecule has 0 unspecified atom stereocenters. The summed E-state index contributed by atoms with van der Waals surface area (Å²) in [6.07, 6.45) is 5.29. The quantitative estimate of drug-likeness (QED) is 0.696. The Morgan fingerprint density at radius 1 is 1.21 bits per heavy atom. The van der Waals surface area contributed by atoms with Gasteiger partial charge in [-0.2, -0.15) is 0 Å². The van der Waals surface area contributed by atoms with E-state index >= 15 is 0 Å². The molecule has 0 spiro atoms. The summed E-state index contributed by atoms with van der Waals surface area (Å²) in [7, 11) is 1.69. The van der Waals surface area contributed by atoms with Crippen LogP contribution < -0.4 is 5.32 Å². The smallest absolute Gasteiger partial charge is 0.236 e. The van der Waals surface area contributed by atoms with Gasteiger partial charge in [-0.05, 0) is 18.5 Å². The van der Waals surface area contributed by atoms with Crippen LogP contribution in [0, 0.1) is 0 Å². The van der Waals surface area contributed by atoms with Crippen LogP contribution in [-0.2, 0) is 9.53 Å². The summed E-state index contributed by atoms with van der Waals surface area (Å²) < 4.78 is 4.99. The molecule has 0 atom stereocenters. The number of methoxy groups -OCH3 is 1. The lowest BCUT2D eigenvalue weighted by Gasteiger charge is -2.34. The second-order valence-corrected chi connectivity index (χ2v) is 6.02. The summed E-state index contributed by atoms with van der Waals surface area (Å²) >= 11 is 0. The second kappa shape index (κ2) is 11.0. The highest BCUT2D eigenvalue weighted by Crippen LogP contribution is 2.04. The Kier molecular flexibility index (Phi) is 8.52. The third-order valence-electron chi connectivity index (χ3n) is 4.18. The fourth-order valence-corrected chi connectivity index (χ4v) is 2.73. The molecule has 5 nitrogen and oxygen atoms in total. The lowest BCUT2D eigenvalue weighted by molar-refractivity contribution is -0.131. The first kappa shape index (κ1) is 18.6. The fraction of sp³-hybridized carbons (Fsp3) is 0.526. The summed E-state index contributed by atoms with van der Waals surface area (Å²) in [6.45, 7) is 6.43. The van der Waals surface area contributed by atoms with E-state index in [1.165, 1.54) is 5.56 Å². The van der Waals surface area contributed by atoms with Gasteiger partial charge in [-0.15, -0.1) is 0 Å². The highest BCUT2D eigenvalue weighted by atomic mass is 16.5. The second-order valence-electron chi connectivity index (χ2n) is 6.02. The predicted molar refractivity (Wildman–Crippen MR) is 97.9 cm³/mol. The molecule has 1 heterocycles. The number of nitrogens with one attached hydrogen (secondary N) is 1. The van der Waals surface area contributed by atoms with E-state index in [1.807, 2.05) is 23.1 Å². The van der Waals surface area contributed by atoms with Gasteiger partial charge in [0.2, 0.25) is 5.91 Å². The van der Waals surface area contributed by atoms with E-state index in [2.05, 4.69) is 34.5 Å². The molecular weight excluding hydrogens is 302 g/mol. The minimum Gasteiger partial charge on any atom is -0.385 e. The van der Waals surface area contributed by atoms with E-state index in [1.54, 1.807) is 7.11 Å². The number of hydrogen-bond donors (Lipinski definition) is 1. The van der Waals surface area contributed by atoms with Crippen molar-refractivity contribution >= 4 is 12.0 Å². The summed E-state index contributed by atoms with van der Waals surface area (Å²) in [6, 6.07) is 10.3. The molecule has 1 aliphatic heterocycles. The van der Waals surface area contributed by atoms with E-state index in [4.69, 9.17) is 4.74 Å². The van der Waals surface area contributed by atoms with Crippen LogP contribution in [0.5, 0.6) is 0 Å². The van der Waals surface area contributed by atoms with Gasteiger partial charge in [-0.3, -0.25) is 9.69 Å². The zero-order valence-corrected chi connectivity index (χ0v) is 14.6. The van der Waals surface area contributed by atoms with Gasteiger partial charge in [-0.1, -0.05) is 42.5 Å². The van der Waals surface area contributed by atoms with Crippen molar-refractivity contribution in [1.29, 1.82) is 0 Å². The van der Waals surface area contributed by atoms with Gasteiger partial charge in [0.15, 0.2) is 0 Å². The van der Waals surface area contributed by atoms with Crippen molar-refractivity contribution in [1.82, 2.24) is 15.1 Å². The van der Waals surface area contributed by atoms with Crippen LogP contribution in [0.4, 0.5) is 0 Å². The molecule has 0 aliphatic carbocycles. The van der Waals surface area contributed by atoms with E-state index in [0.29, 0.717) is 6.54 Å². The Morgan fingerprint density at radius 2 is 1.96 bits per heavy atom. The van der Waals surface area contributed by atoms with Crippen molar-refractivity contribution in [3.05, 3.63) is 42.0 Å². The summed E-state index contributed by atoms with van der Waals surface area (Å²) in [5.74, 6) is 0.201. The van der Waals surface area contributed by atoms with Gasteiger partial charge in [0.25, 0.3) is 0 Å². The van der Waals surface area contributed by atoms with E-state index in [-0.39, 0.29) is 5.91 Å². The lowest BCUT2D eigenvalue weighted by atomic mass is 10.2. The van der Waals surface area contributed by atoms with Crippen LogP contribution in [0.1, 0.15) is 12.0 Å². The Hall–Kier alpha value is -1.69. The molecular formula is C19H29N3O2. The third kappa shape index (κ3) is 6.83. The van der Waals surface area contributed by atoms with E-state index in [9.17, 15) is 4.79 Å². The summed E-state index contributed by atoms with van der Waals surface area (Å²) in [5.41, 5.74) is 1.23. The predicted octanol–water partition coefficient (Wildman–Crippen LogP) is 1.47. The van der Waals surface area contributed by atoms with Crippen molar-refractivity contribution in [3.8, 4) is 0 Å². The number of nitrogens with zero attached hydrogens (tertiary/aromatic N) is 2. The first-order chi connectivity index (χ1) is 11.8. The van der Waals surface area contributed by atoms with Crippen molar-refractivity contribution < 1.29 is 9.53 Å². The molecule has 0 aromatic heterocycles. The number of amides is 1. The average molecular weight is 331 g/mol. The third-order valence-corrected chi connectivity index (χ3v) is 4.18. The van der Waals surface area contributed by atoms with Gasteiger partial charge in [0.1, 0.15) is 0 Å². The van der Waals surface area contributed by atoms with Crippen molar-refractivity contribution in [2.75, 3.05) is 59.5 Å². The number of rotatable bonds is 9. The van der Waals surface area contributed by atoms with Crippen LogP contribution in [0.2, 0.25) is 0 Å². The minimum absolute atomic E-state index is 0.201. The van der Waals surface area contributed by atoms with Crippen molar-refractivity contribution in [3.63, 3.8) is 0 Å². The highest BCUT2D eigenvalue weighted by Gasteiger charge is 2.19. The normalized spacial score (nSPS) is 16.0. The highest BCUT2D eigenvalue weighted by molar-refractivity contribution is 5.78. The zero-order valence-electron chi connectivity index (χ0n) is 14.6. The summed E-state index contributed by atoms with van der Waals surface area (Å²) in [5, 5.41) is 3.18. The molecule has 0 radical (unpaired) electrons. The molecule has 1 aromatic carbocycles. The van der Waals surface area contributed by atoms with Crippen LogP contribution in [0.3, 0.4) is 0 Å². The Labute approximate surface area is 145 Å². The number of carbonyl (C=O) groups is 1. The van der Waals surface area contributed by atoms with Gasteiger partial charge in [-0.25, -0.2) is 0 Å². The standard InChI is InChI=1S/C19H29N3O2/c1-24-16-6-10-20-17-19(23)22-14-12-21(13-15-22)11-5-9-18-7-3-2-4-8-18/h2-5,7-9,20H,6,10-17H2,1H3/b9-5+. The van der Waals surface area contributed by atoms with E-state index < -0.39 is 0 Å². The van der Waals surface area contributed by atoms with Crippen LogP contribution >= 0.6 is 0 Å². The first-order valence-corrected chi connectivity index (χ1v) is 8.71. The molecule has 2 rings (SSSR count). The van der Waals surface area contributed by atoms with Crippen LogP contribution in [0.15, 0.2) is 36.4 Å². The Bertz CT molecular complexity index is 497.